The van der Waals surface area contributed by atoms with E-state index in [0.29, 0.717) is 0 Å². The Morgan fingerprint density at radius 2 is 1.61 bits per heavy atom. The van der Waals surface area contributed by atoms with Crippen LogP contribution in [0.3, 0.4) is 0 Å². The maximum atomic E-state index is 5.36. The van der Waals surface area contributed by atoms with Crippen molar-refractivity contribution >= 4 is 21.5 Å². The molecule has 0 heterocycles. The molecular weight excluding hydrogens is 280 g/mol. The van der Waals surface area contributed by atoms with E-state index in [9.17, 15) is 0 Å². The van der Waals surface area contributed by atoms with Gasteiger partial charge in [-0.15, -0.1) is 0 Å². The summed E-state index contributed by atoms with van der Waals surface area (Å²) in [7, 11) is 1.72. The summed E-state index contributed by atoms with van der Waals surface area (Å²) in [5.74, 6) is 0.915. The van der Waals surface area contributed by atoms with Crippen molar-refractivity contribution in [3.63, 3.8) is 0 Å². The van der Waals surface area contributed by atoms with E-state index in [2.05, 4.69) is 60.7 Å². The SMILES string of the molecule is COc1ccc2cc3c(cc2c1)Cc1ccc2ccccc2c1-3. The van der Waals surface area contributed by atoms with Crippen LogP contribution in [0.2, 0.25) is 0 Å². The molecule has 0 N–H and O–H groups in total. The normalized spacial score (nSPS) is 12.4. The molecule has 0 aliphatic heterocycles. The minimum atomic E-state index is 0.915. The molecule has 23 heavy (non-hydrogen) atoms. The molecule has 0 saturated carbocycles. The molecule has 5 rings (SSSR count). The molecule has 0 unspecified atom stereocenters. The van der Waals surface area contributed by atoms with Crippen molar-refractivity contribution in [2.45, 2.75) is 6.42 Å². The Morgan fingerprint density at radius 1 is 0.739 bits per heavy atom. The molecule has 4 aromatic carbocycles. The van der Waals surface area contributed by atoms with Gasteiger partial charge in [-0.2, -0.15) is 0 Å². The zero-order valence-corrected chi connectivity index (χ0v) is 13.0. The fourth-order valence-electron chi connectivity index (χ4n) is 3.82. The van der Waals surface area contributed by atoms with Gasteiger partial charge in [0, 0.05) is 0 Å². The summed E-state index contributed by atoms with van der Waals surface area (Å²) in [5, 5.41) is 5.19. The zero-order valence-electron chi connectivity index (χ0n) is 13.0. The highest BCUT2D eigenvalue weighted by Crippen LogP contribution is 2.43. The Bertz CT molecular complexity index is 1080. The van der Waals surface area contributed by atoms with Crippen LogP contribution in [0.15, 0.2) is 66.7 Å². The molecule has 0 fully saturated rings. The Labute approximate surface area is 135 Å². The Morgan fingerprint density at radius 3 is 2.52 bits per heavy atom. The molecule has 0 radical (unpaired) electrons. The van der Waals surface area contributed by atoms with Crippen LogP contribution in [0.4, 0.5) is 0 Å². The van der Waals surface area contributed by atoms with E-state index >= 15 is 0 Å². The monoisotopic (exact) mass is 296 g/mol. The molecule has 0 spiro atoms. The highest BCUT2D eigenvalue weighted by atomic mass is 16.5. The summed E-state index contributed by atoms with van der Waals surface area (Å²) in [5.41, 5.74) is 5.64. The lowest BCUT2D eigenvalue weighted by atomic mass is 9.96. The van der Waals surface area contributed by atoms with Crippen LogP contribution in [0, 0.1) is 0 Å². The quantitative estimate of drug-likeness (QED) is 0.393. The number of ether oxygens (including phenoxy) is 1. The van der Waals surface area contributed by atoms with Gasteiger partial charge >= 0.3 is 0 Å². The third kappa shape index (κ3) is 1.80. The summed E-state index contributed by atoms with van der Waals surface area (Å²) < 4.78 is 5.36. The third-order valence-corrected chi connectivity index (χ3v) is 4.94. The summed E-state index contributed by atoms with van der Waals surface area (Å²) >= 11 is 0. The summed E-state index contributed by atoms with van der Waals surface area (Å²) in [6.45, 7) is 0. The van der Waals surface area contributed by atoms with Crippen molar-refractivity contribution in [3.05, 3.63) is 77.9 Å². The maximum Gasteiger partial charge on any atom is 0.119 e. The van der Waals surface area contributed by atoms with Crippen molar-refractivity contribution in [2.75, 3.05) is 7.11 Å². The minimum absolute atomic E-state index is 0.915. The van der Waals surface area contributed by atoms with Crippen LogP contribution in [-0.2, 0) is 6.42 Å². The number of benzene rings is 4. The maximum absolute atomic E-state index is 5.36. The number of hydrogen-bond acceptors (Lipinski definition) is 1. The zero-order chi connectivity index (χ0) is 15.4. The largest absolute Gasteiger partial charge is 0.497 e. The first-order valence-corrected chi connectivity index (χ1v) is 7.95. The van der Waals surface area contributed by atoms with Crippen molar-refractivity contribution in [1.82, 2.24) is 0 Å². The molecule has 0 amide bonds. The van der Waals surface area contributed by atoms with E-state index in [1.807, 2.05) is 6.07 Å². The van der Waals surface area contributed by atoms with Crippen LogP contribution >= 0.6 is 0 Å². The number of methoxy groups -OCH3 is 1. The lowest BCUT2D eigenvalue weighted by Gasteiger charge is -2.08. The van der Waals surface area contributed by atoms with Crippen molar-refractivity contribution in [3.8, 4) is 16.9 Å². The van der Waals surface area contributed by atoms with E-state index < -0.39 is 0 Å². The van der Waals surface area contributed by atoms with Crippen molar-refractivity contribution in [2.24, 2.45) is 0 Å². The summed E-state index contributed by atoms with van der Waals surface area (Å²) in [4.78, 5) is 0. The molecule has 1 heteroatoms. The van der Waals surface area contributed by atoms with Gasteiger partial charge in [-0.05, 0) is 68.4 Å². The molecule has 0 bridgehead atoms. The fourth-order valence-corrected chi connectivity index (χ4v) is 3.82. The highest BCUT2D eigenvalue weighted by Gasteiger charge is 2.21. The van der Waals surface area contributed by atoms with E-state index in [-0.39, 0.29) is 0 Å². The predicted octanol–water partition coefficient (Wildman–Crippen LogP) is 5.57. The fraction of sp³-hybridized carbons (Fsp3) is 0.0909. The van der Waals surface area contributed by atoms with Gasteiger partial charge in [0.1, 0.15) is 5.75 Å². The van der Waals surface area contributed by atoms with Crippen molar-refractivity contribution < 1.29 is 4.74 Å². The lowest BCUT2D eigenvalue weighted by Crippen LogP contribution is -1.85. The molecular formula is C22H16O. The molecule has 0 aromatic heterocycles. The van der Waals surface area contributed by atoms with Gasteiger partial charge in [0.25, 0.3) is 0 Å². The standard InChI is InChI=1S/C22H16O/c1-23-19-9-8-15-13-21-18(11-17(15)12-19)10-16-7-6-14-4-2-3-5-20(14)22(16)21/h2-9,11-13H,10H2,1H3. The lowest BCUT2D eigenvalue weighted by molar-refractivity contribution is 0.415. The van der Waals surface area contributed by atoms with Gasteiger partial charge < -0.3 is 4.74 Å². The Balaban J connectivity index is 1.83. The second kappa shape index (κ2) is 4.60. The average molecular weight is 296 g/mol. The van der Waals surface area contributed by atoms with Crippen LogP contribution in [0.5, 0.6) is 5.75 Å². The number of fused-ring (bicyclic) bond motifs is 6. The predicted molar refractivity (Wildman–Crippen MR) is 96.2 cm³/mol. The molecule has 1 aliphatic rings. The molecule has 1 aliphatic carbocycles. The van der Waals surface area contributed by atoms with Gasteiger partial charge in [-0.1, -0.05) is 48.5 Å². The average Bonchev–Trinajstić information content (AvgIpc) is 2.97. The van der Waals surface area contributed by atoms with Crippen LogP contribution in [-0.4, -0.2) is 7.11 Å². The van der Waals surface area contributed by atoms with Crippen LogP contribution < -0.4 is 4.74 Å². The Kier molecular flexibility index (Phi) is 2.54. The molecule has 110 valence electrons. The van der Waals surface area contributed by atoms with Crippen LogP contribution in [0.25, 0.3) is 32.7 Å². The van der Waals surface area contributed by atoms with Gasteiger partial charge in [0.05, 0.1) is 7.11 Å². The second-order valence-corrected chi connectivity index (χ2v) is 6.22. The van der Waals surface area contributed by atoms with Gasteiger partial charge in [0.2, 0.25) is 0 Å². The minimum Gasteiger partial charge on any atom is -0.497 e. The van der Waals surface area contributed by atoms with E-state index in [1.54, 1.807) is 7.11 Å². The molecule has 0 saturated heterocycles. The first-order valence-electron chi connectivity index (χ1n) is 7.95. The highest BCUT2D eigenvalue weighted by molar-refractivity contribution is 6.03. The van der Waals surface area contributed by atoms with E-state index in [0.717, 1.165) is 12.2 Å². The summed E-state index contributed by atoms with van der Waals surface area (Å²) in [6.07, 6.45) is 1.02. The van der Waals surface area contributed by atoms with Crippen LogP contribution in [0.1, 0.15) is 11.1 Å². The number of hydrogen-bond donors (Lipinski definition) is 0. The Hall–Kier alpha value is -2.80. The van der Waals surface area contributed by atoms with Gasteiger partial charge in [-0.3, -0.25) is 0 Å². The van der Waals surface area contributed by atoms with Gasteiger partial charge in [0.15, 0.2) is 0 Å². The third-order valence-electron chi connectivity index (χ3n) is 4.94. The molecule has 0 atom stereocenters. The second-order valence-electron chi connectivity index (χ2n) is 6.22. The molecule has 1 nitrogen and oxygen atoms in total. The van der Waals surface area contributed by atoms with E-state index in [4.69, 9.17) is 4.74 Å². The topological polar surface area (TPSA) is 9.23 Å². The van der Waals surface area contributed by atoms with Crippen molar-refractivity contribution in [1.29, 1.82) is 0 Å². The summed E-state index contributed by atoms with van der Waals surface area (Å²) in [6, 6.07) is 24.2. The number of rotatable bonds is 1. The first-order chi connectivity index (χ1) is 11.3. The first kappa shape index (κ1) is 12.7. The van der Waals surface area contributed by atoms with E-state index in [1.165, 1.54) is 43.8 Å². The van der Waals surface area contributed by atoms with Gasteiger partial charge in [-0.25, -0.2) is 0 Å². The smallest absolute Gasteiger partial charge is 0.119 e. The molecule has 4 aromatic rings.